The Kier molecular flexibility index (Phi) is 6.11. The predicted molar refractivity (Wildman–Crippen MR) is 128 cm³/mol. The standard InChI is InChI=1S/C26H29ClN4O3/c27-18-7-6-16-11-21(30-20(16)12-18)25(34)31-15-26(8-3-9-26)13-22(31)24(33)29-19(14-28)10-17-4-1-2-5-23(17)32/h6-7,11-12,17,19,22,30H,1-5,8-10,13,15H2,(H,29,33)/t17-,19-,22?/m0/s1. The molecular formula is C26H29ClN4O3. The quantitative estimate of drug-likeness (QED) is 0.662. The fourth-order valence-electron chi connectivity index (χ4n) is 5.91. The number of carbonyl (C=O) groups excluding carboxylic acids is 3. The van der Waals surface area contributed by atoms with Crippen LogP contribution in [-0.2, 0) is 9.59 Å². The van der Waals surface area contributed by atoms with E-state index in [0.29, 0.717) is 36.5 Å². The molecule has 2 N–H and O–H groups in total. The van der Waals surface area contributed by atoms with Crippen molar-refractivity contribution in [3.05, 3.63) is 35.0 Å². The van der Waals surface area contributed by atoms with Gasteiger partial charge in [0.25, 0.3) is 5.91 Å². The Balaban J connectivity index is 1.33. The van der Waals surface area contributed by atoms with Gasteiger partial charge in [0.05, 0.1) is 6.07 Å². The van der Waals surface area contributed by atoms with E-state index in [-0.39, 0.29) is 28.9 Å². The van der Waals surface area contributed by atoms with Crippen molar-refractivity contribution in [2.45, 2.75) is 69.9 Å². The summed E-state index contributed by atoms with van der Waals surface area (Å²) in [7, 11) is 0. The Bertz CT molecular complexity index is 1180. The fourth-order valence-corrected chi connectivity index (χ4v) is 6.09. The molecule has 3 atom stereocenters. The van der Waals surface area contributed by atoms with Crippen LogP contribution in [0.15, 0.2) is 24.3 Å². The molecule has 1 unspecified atom stereocenters. The van der Waals surface area contributed by atoms with Crippen LogP contribution in [0.4, 0.5) is 0 Å². The number of hydrogen-bond acceptors (Lipinski definition) is 4. The molecule has 34 heavy (non-hydrogen) atoms. The first-order chi connectivity index (χ1) is 16.4. The number of halogens is 1. The topological polar surface area (TPSA) is 106 Å². The number of benzene rings is 1. The maximum atomic E-state index is 13.5. The van der Waals surface area contributed by atoms with Crippen LogP contribution in [-0.4, -0.2) is 46.1 Å². The molecule has 2 aromatic rings. The van der Waals surface area contributed by atoms with E-state index < -0.39 is 12.1 Å². The second-order valence-corrected chi connectivity index (χ2v) is 10.7. The van der Waals surface area contributed by atoms with Gasteiger partial charge in [-0.25, -0.2) is 0 Å². The summed E-state index contributed by atoms with van der Waals surface area (Å²) in [6.45, 7) is 0.540. The van der Waals surface area contributed by atoms with Crippen molar-refractivity contribution in [1.82, 2.24) is 15.2 Å². The zero-order chi connectivity index (χ0) is 23.9. The summed E-state index contributed by atoms with van der Waals surface area (Å²) in [6.07, 6.45) is 7.26. The molecule has 2 amide bonds. The zero-order valence-corrected chi connectivity index (χ0v) is 19.9. The first kappa shape index (κ1) is 22.9. The number of nitrogens with zero attached hydrogens (tertiary/aromatic N) is 2. The van der Waals surface area contributed by atoms with Crippen LogP contribution < -0.4 is 5.32 Å². The van der Waals surface area contributed by atoms with E-state index >= 15 is 0 Å². The van der Waals surface area contributed by atoms with Crippen LogP contribution in [0.5, 0.6) is 0 Å². The Morgan fingerprint density at radius 2 is 2.09 bits per heavy atom. The maximum absolute atomic E-state index is 13.5. The third-order valence-corrected chi connectivity index (χ3v) is 8.21. The van der Waals surface area contributed by atoms with Gasteiger partial charge in [-0.05, 0) is 62.1 Å². The number of aromatic amines is 1. The number of likely N-dealkylation sites (tertiary alicyclic amines) is 1. The van der Waals surface area contributed by atoms with Gasteiger partial charge in [-0.1, -0.05) is 30.5 Å². The van der Waals surface area contributed by atoms with E-state index in [9.17, 15) is 19.6 Å². The molecule has 1 saturated heterocycles. The van der Waals surface area contributed by atoms with Crippen LogP contribution in [0.1, 0.15) is 68.3 Å². The molecular weight excluding hydrogens is 452 g/mol. The number of H-pyrrole nitrogens is 1. The van der Waals surface area contributed by atoms with Crippen LogP contribution in [0.25, 0.3) is 10.9 Å². The minimum Gasteiger partial charge on any atom is -0.350 e. The number of fused-ring (bicyclic) bond motifs is 1. The number of hydrogen-bond donors (Lipinski definition) is 2. The molecule has 5 rings (SSSR count). The van der Waals surface area contributed by atoms with Crippen molar-refractivity contribution in [2.24, 2.45) is 11.3 Å². The molecule has 0 bridgehead atoms. The van der Waals surface area contributed by atoms with Crippen LogP contribution >= 0.6 is 11.6 Å². The van der Waals surface area contributed by atoms with Crippen LogP contribution in [0, 0.1) is 22.7 Å². The summed E-state index contributed by atoms with van der Waals surface area (Å²) in [6, 6.07) is 8.02. The predicted octanol–water partition coefficient (Wildman–Crippen LogP) is 4.36. The van der Waals surface area contributed by atoms with Gasteiger partial charge in [0.15, 0.2) is 0 Å². The minimum atomic E-state index is -0.732. The lowest BCUT2D eigenvalue weighted by Crippen LogP contribution is -2.49. The Labute approximate surface area is 203 Å². The fraction of sp³-hybridized carbons (Fsp3) is 0.538. The van der Waals surface area contributed by atoms with Crippen molar-refractivity contribution in [3.8, 4) is 6.07 Å². The Morgan fingerprint density at radius 3 is 2.79 bits per heavy atom. The van der Waals surface area contributed by atoms with Gasteiger partial charge in [-0.3, -0.25) is 14.4 Å². The van der Waals surface area contributed by atoms with E-state index in [4.69, 9.17) is 11.6 Å². The molecule has 0 radical (unpaired) electrons. The Hall–Kier alpha value is -2.85. The first-order valence-corrected chi connectivity index (χ1v) is 12.6. The van der Waals surface area contributed by atoms with Crippen molar-refractivity contribution >= 4 is 40.1 Å². The highest BCUT2D eigenvalue weighted by Gasteiger charge is 2.52. The molecule has 1 aromatic heterocycles. The highest BCUT2D eigenvalue weighted by Crippen LogP contribution is 2.50. The smallest absolute Gasteiger partial charge is 0.271 e. The summed E-state index contributed by atoms with van der Waals surface area (Å²) in [5, 5.41) is 14.0. The van der Waals surface area contributed by atoms with Gasteiger partial charge in [-0.2, -0.15) is 5.26 Å². The number of nitriles is 1. The van der Waals surface area contributed by atoms with Crippen molar-refractivity contribution in [2.75, 3.05) is 6.54 Å². The average molecular weight is 481 g/mol. The van der Waals surface area contributed by atoms with Crippen molar-refractivity contribution < 1.29 is 14.4 Å². The molecule has 1 spiro atoms. The number of carbonyl (C=O) groups is 3. The van der Waals surface area contributed by atoms with Crippen LogP contribution in [0.3, 0.4) is 0 Å². The maximum Gasteiger partial charge on any atom is 0.271 e. The normalized spacial score (nSPS) is 24.6. The largest absolute Gasteiger partial charge is 0.350 e. The summed E-state index contributed by atoms with van der Waals surface area (Å²) >= 11 is 6.09. The summed E-state index contributed by atoms with van der Waals surface area (Å²) < 4.78 is 0. The van der Waals surface area contributed by atoms with Gasteiger partial charge in [0.2, 0.25) is 5.91 Å². The van der Waals surface area contributed by atoms with E-state index in [1.165, 1.54) is 0 Å². The number of ketones is 1. The molecule has 7 nitrogen and oxygen atoms in total. The number of rotatable bonds is 5. The summed E-state index contributed by atoms with van der Waals surface area (Å²) in [4.78, 5) is 43.9. The summed E-state index contributed by atoms with van der Waals surface area (Å²) in [5.74, 6) is -0.500. The number of aromatic nitrogens is 1. The number of nitrogens with one attached hydrogen (secondary N) is 2. The van der Waals surface area contributed by atoms with E-state index in [0.717, 1.165) is 49.4 Å². The second kappa shape index (κ2) is 9.07. The second-order valence-electron chi connectivity index (χ2n) is 10.3. The van der Waals surface area contributed by atoms with E-state index in [1.807, 2.05) is 6.07 Å². The van der Waals surface area contributed by atoms with Gasteiger partial charge < -0.3 is 15.2 Å². The molecule has 2 aliphatic carbocycles. The summed E-state index contributed by atoms with van der Waals surface area (Å²) in [5.41, 5.74) is 1.18. The molecule has 178 valence electrons. The third-order valence-electron chi connectivity index (χ3n) is 7.97. The first-order valence-electron chi connectivity index (χ1n) is 12.2. The Morgan fingerprint density at radius 1 is 1.26 bits per heavy atom. The zero-order valence-electron chi connectivity index (χ0n) is 19.1. The lowest BCUT2D eigenvalue weighted by atomic mass is 9.67. The molecule has 3 aliphatic rings. The lowest BCUT2D eigenvalue weighted by molar-refractivity contribution is -0.127. The SMILES string of the molecule is N#C[C@H](C[C@@H]1CCCCC1=O)NC(=O)C1CC2(CCC2)CN1C(=O)c1cc2ccc(Cl)cc2[nH]1. The highest BCUT2D eigenvalue weighted by atomic mass is 35.5. The monoisotopic (exact) mass is 480 g/mol. The highest BCUT2D eigenvalue weighted by molar-refractivity contribution is 6.31. The number of amides is 2. The number of Topliss-reactive ketones (excluding diaryl/α,β-unsaturated/α-hetero) is 1. The van der Waals surface area contributed by atoms with Gasteiger partial charge in [0.1, 0.15) is 23.6 Å². The average Bonchev–Trinajstić information content (AvgIpc) is 3.41. The van der Waals surface area contributed by atoms with E-state index in [2.05, 4.69) is 16.4 Å². The third kappa shape index (κ3) is 4.32. The van der Waals surface area contributed by atoms with Crippen LogP contribution in [0.2, 0.25) is 5.02 Å². The van der Waals surface area contributed by atoms with E-state index in [1.54, 1.807) is 23.1 Å². The molecule has 1 aromatic carbocycles. The molecule has 1 aliphatic heterocycles. The molecule has 3 fully saturated rings. The van der Waals surface area contributed by atoms with Gasteiger partial charge in [-0.15, -0.1) is 0 Å². The van der Waals surface area contributed by atoms with Gasteiger partial charge in [0, 0.05) is 34.8 Å². The minimum absolute atomic E-state index is 0.0194. The van der Waals surface area contributed by atoms with Crippen molar-refractivity contribution in [1.29, 1.82) is 5.26 Å². The van der Waals surface area contributed by atoms with Crippen molar-refractivity contribution in [3.63, 3.8) is 0 Å². The lowest BCUT2D eigenvalue weighted by Gasteiger charge is -2.37. The molecule has 8 heteroatoms. The molecule has 2 saturated carbocycles. The van der Waals surface area contributed by atoms with Gasteiger partial charge >= 0.3 is 0 Å². The molecule has 2 heterocycles.